The number of ether oxygens (including phenoxy) is 2. The number of aromatic nitrogens is 4. The maximum Gasteiger partial charge on any atom is 0.221 e. The van der Waals surface area contributed by atoms with Crippen molar-refractivity contribution in [3.8, 4) is 5.69 Å². The van der Waals surface area contributed by atoms with Gasteiger partial charge in [-0.05, 0) is 45.8 Å². The highest BCUT2D eigenvalue weighted by atomic mass is 32.2. The molecular weight excluding hydrogens is 502 g/mol. The summed E-state index contributed by atoms with van der Waals surface area (Å²) in [5.41, 5.74) is 4.31. The Kier molecular flexibility index (Phi) is 8.14. The van der Waals surface area contributed by atoms with Gasteiger partial charge in [0.05, 0.1) is 24.5 Å². The quantitative estimate of drug-likeness (QED) is 0.315. The van der Waals surface area contributed by atoms with Crippen LogP contribution < -0.4 is 5.32 Å². The largest absolute Gasteiger partial charge is 0.392 e. The number of nitrogens with zero attached hydrogens (tertiary/aromatic N) is 4. The average Bonchev–Trinajstić information content (AvgIpc) is 3.42. The number of carbonyl (C=O) groups excluding carboxylic acids is 1. The van der Waals surface area contributed by atoms with Crippen LogP contribution >= 0.6 is 11.8 Å². The Balaban J connectivity index is 1.38. The summed E-state index contributed by atoms with van der Waals surface area (Å²) < 4.78 is 14.7. The monoisotopic (exact) mass is 531 g/mol. The van der Waals surface area contributed by atoms with Crippen molar-refractivity contribution >= 4 is 23.4 Å². The number of nitrogens with one attached hydrogen (secondary N) is 1. The first-order valence-electron chi connectivity index (χ1n) is 12.4. The van der Waals surface area contributed by atoms with Crippen molar-refractivity contribution in [3.05, 3.63) is 95.6 Å². The van der Waals surface area contributed by atoms with Gasteiger partial charge >= 0.3 is 0 Å². The van der Waals surface area contributed by atoms with Gasteiger partial charge in [0, 0.05) is 29.8 Å². The Morgan fingerprint density at radius 1 is 1.00 bits per heavy atom. The zero-order valence-corrected chi connectivity index (χ0v) is 21.9. The van der Waals surface area contributed by atoms with Gasteiger partial charge in [-0.3, -0.25) is 4.79 Å². The summed E-state index contributed by atoms with van der Waals surface area (Å²) in [6, 6.07) is 25.1. The Bertz CT molecular complexity index is 1350. The van der Waals surface area contributed by atoms with Gasteiger partial charge in [-0.25, -0.2) is 0 Å². The minimum absolute atomic E-state index is 0.0108. The molecule has 3 aromatic carbocycles. The van der Waals surface area contributed by atoms with E-state index in [0.717, 1.165) is 22.4 Å². The van der Waals surface area contributed by atoms with E-state index in [4.69, 9.17) is 9.47 Å². The molecule has 4 atom stereocenters. The molecular formula is C28H29N5O4S. The first-order chi connectivity index (χ1) is 18.5. The molecule has 0 saturated carbocycles. The lowest BCUT2D eigenvalue weighted by atomic mass is 9.91. The van der Waals surface area contributed by atoms with Crippen molar-refractivity contribution in [3.63, 3.8) is 0 Å². The number of thioether (sulfide) groups is 1. The molecule has 0 bridgehead atoms. The average molecular weight is 532 g/mol. The molecule has 0 radical (unpaired) electrons. The second kappa shape index (κ2) is 11.9. The van der Waals surface area contributed by atoms with Gasteiger partial charge in [0.25, 0.3) is 0 Å². The SMILES string of the molecule is CC(=O)Nc1ccc([C@H]2O[C@@H](CSc3nnnn3-c3ccccc3)[C@@H](C)[C@@H](c3ccc(CO)cc3)O2)cc1. The fourth-order valence-electron chi connectivity index (χ4n) is 4.39. The van der Waals surface area contributed by atoms with Gasteiger partial charge < -0.3 is 19.9 Å². The fraction of sp³-hybridized carbons (Fsp3) is 0.286. The molecule has 9 nitrogen and oxygen atoms in total. The number of amides is 1. The summed E-state index contributed by atoms with van der Waals surface area (Å²) in [6.07, 6.45) is -1.000. The standard InChI is InChI=1S/C28H29N5O4S/c1-18-25(17-38-28-30-31-32-33(28)24-6-4-3-5-7-24)36-27(22-12-14-23(15-13-22)29-19(2)35)37-26(18)21-10-8-20(16-34)9-11-21/h3-15,18,25-27,34H,16-17H2,1-2H3,(H,29,35)/t18-,25+,26+,27+/m1/s1. The maximum atomic E-state index is 11.4. The second-order valence-corrected chi connectivity index (χ2v) is 10.1. The molecule has 0 spiro atoms. The van der Waals surface area contributed by atoms with Crippen molar-refractivity contribution in [1.29, 1.82) is 0 Å². The van der Waals surface area contributed by atoms with Gasteiger partial charge in [0.1, 0.15) is 0 Å². The van der Waals surface area contributed by atoms with Gasteiger partial charge in [-0.1, -0.05) is 73.3 Å². The number of para-hydroxylation sites is 1. The smallest absolute Gasteiger partial charge is 0.221 e. The molecule has 2 N–H and O–H groups in total. The molecule has 1 saturated heterocycles. The lowest BCUT2D eigenvalue weighted by Crippen LogP contribution is -2.38. The van der Waals surface area contributed by atoms with Crippen molar-refractivity contribution in [2.45, 2.75) is 44.1 Å². The third-order valence-corrected chi connectivity index (χ3v) is 7.45. The molecule has 1 aliphatic rings. The van der Waals surface area contributed by atoms with E-state index in [1.807, 2.05) is 78.9 Å². The summed E-state index contributed by atoms with van der Waals surface area (Å²) in [4.78, 5) is 11.4. The summed E-state index contributed by atoms with van der Waals surface area (Å²) in [5, 5.41) is 25.2. The van der Waals surface area contributed by atoms with Crippen molar-refractivity contribution in [2.75, 3.05) is 11.1 Å². The highest BCUT2D eigenvalue weighted by Crippen LogP contribution is 2.43. The topological polar surface area (TPSA) is 111 Å². The number of tetrazole rings is 1. The third-order valence-electron chi connectivity index (χ3n) is 6.44. The van der Waals surface area contributed by atoms with Crippen molar-refractivity contribution < 1.29 is 19.4 Å². The molecule has 1 aliphatic heterocycles. The number of aliphatic hydroxyl groups excluding tert-OH is 1. The van der Waals surface area contributed by atoms with Crippen LogP contribution in [0.2, 0.25) is 0 Å². The number of aliphatic hydroxyl groups is 1. The molecule has 0 unspecified atom stereocenters. The van der Waals surface area contributed by atoms with Crippen LogP contribution in [0.15, 0.2) is 84.0 Å². The van der Waals surface area contributed by atoms with Crippen LogP contribution in [0.3, 0.4) is 0 Å². The molecule has 38 heavy (non-hydrogen) atoms. The summed E-state index contributed by atoms with van der Waals surface area (Å²) >= 11 is 1.53. The van der Waals surface area contributed by atoms with Crippen LogP contribution in [0.5, 0.6) is 0 Å². The van der Waals surface area contributed by atoms with Crippen LogP contribution in [0.1, 0.15) is 42.9 Å². The van der Waals surface area contributed by atoms with Gasteiger partial charge in [-0.15, -0.1) is 5.10 Å². The highest BCUT2D eigenvalue weighted by Gasteiger charge is 2.38. The zero-order valence-electron chi connectivity index (χ0n) is 21.1. The molecule has 196 valence electrons. The number of anilines is 1. The molecule has 10 heteroatoms. The molecule has 1 fully saturated rings. The summed E-state index contributed by atoms with van der Waals surface area (Å²) in [6.45, 7) is 3.58. The Morgan fingerprint density at radius 2 is 1.71 bits per heavy atom. The van der Waals surface area contributed by atoms with Gasteiger partial charge in [0.2, 0.25) is 11.1 Å². The van der Waals surface area contributed by atoms with E-state index in [2.05, 4.69) is 27.8 Å². The van der Waals surface area contributed by atoms with Crippen LogP contribution in [-0.2, 0) is 20.9 Å². The van der Waals surface area contributed by atoms with E-state index in [0.29, 0.717) is 16.6 Å². The van der Waals surface area contributed by atoms with E-state index in [1.165, 1.54) is 18.7 Å². The Labute approximate surface area is 225 Å². The highest BCUT2D eigenvalue weighted by molar-refractivity contribution is 7.99. The third kappa shape index (κ3) is 5.94. The number of benzene rings is 3. The van der Waals surface area contributed by atoms with Gasteiger partial charge in [-0.2, -0.15) is 4.68 Å². The first kappa shape index (κ1) is 26.1. The minimum Gasteiger partial charge on any atom is -0.392 e. The van der Waals surface area contributed by atoms with E-state index in [1.54, 1.807) is 4.68 Å². The first-order valence-corrected chi connectivity index (χ1v) is 13.3. The molecule has 2 heterocycles. The summed E-state index contributed by atoms with van der Waals surface area (Å²) in [7, 11) is 0. The lowest BCUT2D eigenvalue weighted by molar-refractivity contribution is -0.268. The number of carbonyl (C=O) groups is 1. The number of hydrogen-bond acceptors (Lipinski definition) is 8. The van der Waals surface area contributed by atoms with Crippen molar-refractivity contribution in [2.24, 2.45) is 5.92 Å². The molecule has 4 aromatic rings. The predicted molar refractivity (Wildman–Crippen MR) is 144 cm³/mol. The summed E-state index contributed by atoms with van der Waals surface area (Å²) in [5.74, 6) is 0.514. The van der Waals surface area contributed by atoms with Crippen LogP contribution in [0.4, 0.5) is 5.69 Å². The molecule has 5 rings (SSSR count). The molecule has 1 aromatic heterocycles. The van der Waals surface area contributed by atoms with E-state index in [-0.39, 0.29) is 30.6 Å². The maximum absolute atomic E-state index is 11.4. The number of rotatable bonds is 8. The fourth-order valence-corrected chi connectivity index (χ4v) is 5.45. The Hall–Kier alpha value is -3.57. The van der Waals surface area contributed by atoms with Crippen LogP contribution in [0, 0.1) is 5.92 Å². The Morgan fingerprint density at radius 3 is 2.39 bits per heavy atom. The zero-order chi connectivity index (χ0) is 26.5. The minimum atomic E-state index is -0.601. The van der Waals surface area contributed by atoms with Crippen LogP contribution in [-0.4, -0.2) is 43.1 Å². The second-order valence-electron chi connectivity index (χ2n) is 9.14. The lowest BCUT2D eigenvalue weighted by Gasteiger charge is -2.41. The van der Waals surface area contributed by atoms with E-state index >= 15 is 0 Å². The van der Waals surface area contributed by atoms with Gasteiger partial charge in [0.15, 0.2) is 6.29 Å². The van der Waals surface area contributed by atoms with E-state index in [9.17, 15) is 9.90 Å². The predicted octanol–water partition coefficient (Wildman–Crippen LogP) is 4.70. The normalized spacial score (nSPS) is 21.2. The van der Waals surface area contributed by atoms with Crippen molar-refractivity contribution in [1.82, 2.24) is 20.2 Å². The number of hydrogen-bond donors (Lipinski definition) is 2. The molecule has 1 amide bonds. The van der Waals surface area contributed by atoms with Crippen LogP contribution in [0.25, 0.3) is 5.69 Å². The molecule has 0 aliphatic carbocycles. The van der Waals surface area contributed by atoms with E-state index < -0.39 is 6.29 Å².